The van der Waals surface area contributed by atoms with Crippen molar-refractivity contribution in [3.05, 3.63) is 87.5 Å². The molecule has 0 saturated carbocycles. The largest absolute Gasteiger partial charge is 0.493 e. The minimum atomic E-state index is 0. The zero-order valence-electron chi connectivity index (χ0n) is 33.5. The standard InChI is InChI=1S/C49H70N2.Ni/c1-5-9-13-15-17-19-20-21-23-25-27-29-33-47-46(32-28-26-24-22-18-16-14-10-6-2)48(44-38-34-42(35-39-44)30-11-7-3)51(50)49(47)45-40-36-43(37-41-45)31-12-8-4;/h34-41H,5-27,30-31H2,1-4H3;. The number of hydrogen-bond acceptors (Lipinski definition) is 0. The van der Waals surface area contributed by atoms with Crippen molar-refractivity contribution in [1.82, 2.24) is 0 Å². The summed E-state index contributed by atoms with van der Waals surface area (Å²) in [6.45, 7) is 9.03. The van der Waals surface area contributed by atoms with E-state index < -0.39 is 0 Å². The Morgan fingerprint density at radius 1 is 0.423 bits per heavy atom. The van der Waals surface area contributed by atoms with E-state index in [2.05, 4.69) is 99.9 Å². The topological polar surface area (TPSA) is 25.3 Å². The first kappa shape index (κ1) is 45.3. The molecule has 3 heteroatoms. The van der Waals surface area contributed by atoms with Crippen molar-refractivity contribution in [2.75, 3.05) is 0 Å². The predicted octanol–water partition coefficient (Wildman–Crippen LogP) is 15.0. The maximum absolute atomic E-state index is 12.0. The van der Waals surface area contributed by atoms with Gasteiger partial charge in [0.15, 0.2) is 0 Å². The molecule has 2 aromatic carbocycles. The van der Waals surface area contributed by atoms with Crippen LogP contribution in [-0.2, 0) is 29.3 Å². The van der Waals surface area contributed by atoms with Crippen LogP contribution in [0.5, 0.6) is 0 Å². The molecule has 1 heterocycles. The maximum atomic E-state index is 12.0. The van der Waals surface area contributed by atoms with E-state index in [4.69, 9.17) is 0 Å². The van der Waals surface area contributed by atoms with E-state index in [0.717, 1.165) is 72.2 Å². The Labute approximate surface area is 330 Å². The molecule has 0 amide bonds. The van der Waals surface area contributed by atoms with Gasteiger partial charge < -0.3 is 5.53 Å². The van der Waals surface area contributed by atoms with Gasteiger partial charge in [0.1, 0.15) is 11.1 Å². The molecule has 3 rings (SSSR count). The summed E-state index contributed by atoms with van der Waals surface area (Å²) in [6, 6.07) is 17.5. The Morgan fingerprint density at radius 2 is 0.731 bits per heavy atom. The van der Waals surface area contributed by atoms with Crippen LogP contribution in [0.1, 0.15) is 198 Å². The molecule has 52 heavy (non-hydrogen) atoms. The van der Waals surface area contributed by atoms with Crippen LogP contribution in [0.2, 0.25) is 0 Å². The van der Waals surface area contributed by atoms with Crippen molar-refractivity contribution in [2.45, 2.75) is 188 Å². The molecular formula is C49H70N2Ni. The molecule has 0 bridgehead atoms. The Bertz CT molecular complexity index is 1470. The number of benzene rings is 2. The van der Waals surface area contributed by atoms with Gasteiger partial charge >= 0.3 is 0 Å². The second kappa shape index (κ2) is 28.6. The number of allylic oxidation sites excluding steroid dienone is 2. The fraction of sp³-hybridized carbons (Fsp3) is 0.592. The van der Waals surface area contributed by atoms with Gasteiger partial charge in [0.25, 0.3) is 0 Å². The summed E-state index contributed by atoms with van der Waals surface area (Å²) in [6.07, 6.45) is 30.8. The van der Waals surface area contributed by atoms with Crippen molar-refractivity contribution in [3.8, 4) is 23.7 Å². The molecular weight excluding hydrogens is 675 g/mol. The predicted molar refractivity (Wildman–Crippen MR) is 222 cm³/mol. The summed E-state index contributed by atoms with van der Waals surface area (Å²) >= 11 is 0. The summed E-state index contributed by atoms with van der Waals surface area (Å²) in [5, 5.41) is 0. The van der Waals surface area contributed by atoms with Gasteiger partial charge in [-0.05, 0) is 73.9 Å². The van der Waals surface area contributed by atoms with Gasteiger partial charge in [0.05, 0.1) is 0 Å². The van der Waals surface area contributed by atoms with Crippen LogP contribution in [0.3, 0.4) is 0 Å². The van der Waals surface area contributed by atoms with Gasteiger partial charge in [-0.25, -0.2) is 4.70 Å². The molecule has 0 aliphatic carbocycles. The van der Waals surface area contributed by atoms with Gasteiger partial charge in [-0.2, -0.15) is 0 Å². The SMILES string of the molecule is CCCCCCCCCC#CC1=C(c2ccc(CCCC)cc2)[N+](=[N-])C(c2ccc(CCCC)cc2)=C1C#CCCCCCCCCCCCC.[Ni]. The van der Waals surface area contributed by atoms with Gasteiger partial charge in [-0.1, -0.05) is 185 Å². The third-order valence-corrected chi connectivity index (χ3v) is 10.2. The van der Waals surface area contributed by atoms with E-state index in [1.54, 1.807) is 0 Å². The summed E-state index contributed by atoms with van der Waals surface area (Å²) in [7, 11) is 0. The van der Waals surface area contributed by atoms with Crippen molar-refractivity contribution in [1.29, 1.82) is 0 Å². The van der Waals surface area contributed by atoms with E-state index in [-0.39, 0.29) is 16.5 Å². The zero-order chi connectivity index (χ0) is 36.4. The Hall–Kier alpha value is -2.87. The molecule has 1 aliphatic rings. The first-order valence-electron chi connectivity index (χ1n) is 21.3. The van der Waals surface area contributed by atoms with E-state index in [1.165, 1.54) is 138 Å². The maximum Gasteiger partial charge on any atom is 0.224 e. The first-order valence-corrected chi connectivity index (χ1v) is 21.3. The average Bonchev–Trinajstić information content (AvgIpc) is 3.43. The van der Waals surface area contributed by atoms with Gasteiger partial charge in [-0.15, -0.1) is 0 Å². The summed E-state index contributed by atoms with van der Waals surface area (Å²) in [5.74, 6) is 14.2. The van der Waals surface area contributed by atoms with Crippen molar-refractivity contribution in [2.24, 2.45) is 0 Å². The van der Waals surface area contributed by atoms with E-state index in [1.807, 2.05) is 0 Å². The van der Waals surface area contributed by atoms with Gasteiger partial charge in [0, 0.05) is 40.5 Å². The van der Waals surface area contributed by atoms with Crippen LogP contribution in [-0.4, -0.2) is 4.70 Å². The van der Waals surface area contributed by atoms with E-state index in [9.17, 15) is 5.53 Å². The number of hydrogen-bond donors (Lipinski definition) is 0. The molecule has 0 saturated heterocycles. The molecule has 1 aliphatic heterocycles. The van der Waals surface area contributed by atoms with Crippen molar-refractivity contribution in [3.63, 3.8) is 0 Å². The number of unbranched alkanes of at least 4 members (excludes halogenated alkanes) is 19. The van der Waals surface area contributed by atoms with Gasteiger partial charge in [-0.3, -0.25) is 0 Å². The summed E-state index contributed by atoms with van der Waals surface area (Å²) in [4.78, 5) is 0. The molecule has 0 atom stereocenters. The summed E-state index contributed by atoms with van der Waals surface area (Å²) < 4.78 is 1.39. The molecule has 0 aromatic heterocycles. The molecule has 0 N–H and O–H groups in total. The molecule has 0 unspecified atom stereocenters. The third kappa shape index (κ3) is 16.4. The second-order valence-electron chi connectivity index (χ2n) is 14.8. The van der Waals surface area contributed by atoms with Crippen LogP contribution >= 0.6 is 0 Å². The normalized spacial score (nSPS) is 12.4. The minimum absolute atomic E-state index is 0. The van der Waals surface area contributed by atoms with Crippen LogP contribution in [0.4, 0.5) is 0 Å². The van der Waals surface area contributed by atoms with E-state index in [0.29, 0.717) is 0 Å². The summed E-state index contributed by atoms with van der Waals surface area (Å²) in [5.41, 5.74) is 19.9. The fourth-order valence-electron chi connectivity index (χ4n) is 6.93. The molecule has 286 valence electrons. The number of rotatable bonds is 25. The molecule has 2 nitrogen and oxygen atoms in total. The van der Waals surface area contributed by atoms with Crippen LogP contribution in [0.15, 0.2) is 59.7 Å². The molecule has 0 radical (unpaired) electrons. The zero-order valence-corrected chi connectivity index (χ0v) is 34.5. The average molecular weight is 746 g/mol. The molecule has 2 aromatic rings. The first-order chi connectivity index (χ1) is 25.1. The monoisotopic (exact) mass is 744 g/mol. The van der Waals surface area contributed by atoms with Crippen molar-refractivity contribution >= 4 is 11.4 Å². The van der Waals surface area contributed by atoms with Crippen LogP contribution in [0.25, 0.3) is 16.9 Å². The molecule has 0 spiro atoms. The Morgan fingerprint density at radius 3 is 1.06 bits per heavy atom. The quantitative estimate of drug-likeness (QED) is 0.0419. The Balaban J connectivity index is 0.00000936. The fourth-order valence-corrected chi connectivity index (χ4v) is 6.93. The molecule has 0 fully saturated rings. The van der Waals surface area contributed by atoms with Gasteiger partial charge in [0.2, 0.25) is 11.4 Å². The van der Waals surface area contributed by atoms with Crippen LogP contribution in [0, 0.1) is 23.7 Å². The smallest absolute Gasteiger partial charge is 0.224 e. The third-order valence-electron chi connectivity index (χ3n) is 10.2. The van der Waals surface area contributed by atoms with E-state index >= 15 is 0 Å². The van der Waals surface area contributed by atoms with Crippen molar-refractivity contribution < 1.29 is 21.2 Å². The Kier molecular flexibility index (Phi) is 24.9. The minimum Gasteiger partial charge on any atom is -0.493 e. The van der Waals surface area contributed by atoms with Crippen LogP contribution < -0.4 is 0 Å². The second-order valence-corrected chi connectivity index (χ2v) is 14.8. The number of aryl methyl sites for hydroxylation is 2. The number of nitrogens with zero attached hydrogens (tertiary/aromatic N) is 2.